The number of rotatable bonds is 4. The third-order valence-electron chi connectivity index (χ3n) is 3.46. The van der Waals surface area contributed by atoms with E-state index in [0.29, 0.717) is 17.5 Å². The third-order valence-corrected chi connectivity index (χ3v) is 3.46. The molecule has 1 aliphatic rings. The summed E-state index contributed by atoms with van der Waals surface area (Å²) in [5.74, 6) is 2.13. The van der Waals surface area contributed by atoms with Gasteiger partial charge < -0.3 is 9.84 Å². The zero-order valence-corrected chi connectivity index (χ0v) is 10.4. The van der Waals surface area contributed by atoms with Crippen LogP contribution in [0.4, 0.5) is 0 Å². The molecule has 0 saturated heterocycles. The van der Waals surface area contributed by atoms with Crippen LogP contribution in [0.3, 0.4) is 0 Å². The van der Waals surface area contributed by atoms with Crippen LogP contribution in [0, 0.1) is 11.8 Å². The summed E-state index contributed by atoms with van der Waals surface area (Å²) in [5.41, 5.74) is 0.666. The van der Waals surface area contributed by atoms with Crippen molar-refractivity contribution in [2.24, 2.45) is 11.8 Å². The van der Waals surface area contributed by atoms with E-state index in [0.717, 1.165) is 12.5 Å². The summed E-state index contributed by atoms with van der Waals surface area (Å²) in [7, 11) is 0. The van der Waals surface area contributed by atoms with E-state index >= 15 is 0 Å². The normalized spacial score (nSPS) is 24.6. The lowest BCUT2D eigenvalue weighted by Gasteiger charge is -2.26. The molecule has 1 aromatic rings. The van der Waals surface area contributed by atoms with Crippen LogP contribution >= 0.6 is 0 Å². The highest BCUT2D eigenvalue weighted by Gasteiger charge is 2.19. The van der Waals surface area contributed by atoms with Crippen molar-refractivity contribution in [1.29, 1.82) is 0 Å². The molecule has 0 radical (unpaired) electrons. The lowest BCUT2D eigenvalue weighted by atomic mass is 9.83. The van der Waals surface area contributed by atoms with Crippen LogP contribution in [-0.4, -0.2) is 16.7 Å². The molecule has 1 aliphatic carbocycles. The molecule has 0 bridgehead atoms. The first kappa shape index (κ1) is 12.4. The second-order valence-electron chi connectivity index (χ2n) is 5.07. The Morgan fingerprint density at radius 2 is 2.29 bits per heavy atom. The number of hydrogen-bond donors (Lipinski definition) is 1. The van der Waals surface area contributed by atoms with Gasteiger partial charge in [0.15, 0.2) is 0 Å². The second kappa shape index (κ2) is 6.01. The third kappa shape index (κ3) is 3.70. The van der Waals surface area contributed by atoms with E-state index in [1.54, 1.807) is 6.07 Å². The summed E-state index contributed by atoms with van der Waals surface area (Å²) in [4.78, 5) is 4.22. The minimum Gasteiger partial charge on any atom is -0.477 e. The van der Waals surface area contributed by atoms with Crippen molar-refractivity contribution in [3.05, 3.63) is 23.9 Å². The van der Waals surface area contributed by atoms with Gasteiger partial charge in [0.2, 0.25) is 5.88 Å². The fourth-order valence-electron chi connectivity index (χ4n) is 2.54. The van der Waals surface area contributed by atoms with Crippen molar-refractivity contribution in [3.8, 4) is 5.88 Å². The summed E-state index contributed by atoms with van der Waals surface area (Å²) in [5, 5.41) is 9.00. The van der Waals surface area contributed by atoms with Crippen molar-refractivity contribution in [2.75, 3.05) is 6.61 Å². The predicted octanol–water partition coefficient (Wildman–Crippen LogP) is 2.78. The first-order valence-corrected chi connectivity index (χ1v) is 6.47. The second-order valence-corrected chi connectivity index (χ2v) is 5.07. The van der Waals surface area contributed by atoms with E-state index in [2.05, 4.69) is 11.9 Å². The molecule has 1 N–H and O–H groups in total. The molecular weight excluding hydrogens is 214 g/mol. The van der Waals surface area contributed by atoms with Crippen LogP contribution in [0.5, 0.6) is 5.88 Å². The van der Waals surface area contributed by atoms with Gasteiger partial charge >= 0.3 is 0 Å². The monoisotopic (exact) mass is 235 g/mol. The maximum atomic E-state index is 9.00. The van der Waals surface area contributed by atoms with E-state index in [9.17, 15) is 0 Å². The summed E-state index contributed by atoms with van der Waals surface area (Å²) < 4.78 is 5.71. The molecule has 2 atom stereocenters. The Labute approximate surface area is 103 Å². The molecule has 1 saturated carbocycles. The minimum atomic E-state index is -0.0301. The maximum Gasteiger partial charge on any atom is 0.213 e. The van der Waals surface area contributed by atoms with E-state index in [1.807, 2.05) is 12.1 Å². The molecule has 1 fully saturated rings. The van der Waals surface area contributed by atoms with Crippen molar-refractivity contribution in [3.63, 3.8) is 0 Å². The predicted molar refractivity (Wildman–Crippen MR) is 66.8 cm³/mol. The van der Waals surface area contributed by atoms with Crippen LogP contribution in [-0.2, 0) is 6.61 Å². The van der Waals surface area contributed by atoms with Gasteiger partial charge in [0.25, 0.3) is 0 Å². The minimum absolute atomic E-state index is 0.0301. The molecule has 2 rings (SSSR count). The number of pyridine rings is 1. The van der Waals surface area contributed by atoms with Gasteiger partial charge in [-0.25, -0.2) is 4.98 Å². The topological polar surface area (TPSA) is 42.4 Å². The van der Waals surface area contributed by atoms with Crippen LogP contribution in [0.1, 0.15) is 38.3 Å². The van der Waals surface area contributed by atoms with Gasteiger partial charge in [0, 0.05) is 6.07 Å². The van der Waals surface area contributed by atoms with E-state index in [4.69, 9.17) is 9.84 Å². The first-order chi connectivity index (χ1) is 8.28. The molecule has 1 aromatic heterocycles. The van der Waals surface area contributed by atoms with Crippen LogP contribution in [0.15, 0.2) is 18.2 Å². The van der Waals surface area contributed by atoms with Crippen LogP contribution in [0.2, 0.25) is 0 Å². The number of nitrogens with zero attached hydrogens (tertiary/aromatic N) is 1. The average molecular weight is 235 g/mol. The summed E-state index contributed by atoms with van der Waals surface area (Å²) in [6.45, 7) is 3.04. The molecule has 0 spiro atoms. The first-order valence-electron chi connectivity index (χ1n) is 6.47. The van der Waals surface area contributed by atoms with E-state index in [1.165, 1.54) is 25.7 Å². The summed E-state index contributed by atoms with van der Waals surface area (Å²) in [6, 6.07) is 5.53. The maximum absolute atomic E-state index is 9.00. The molecule has 0 aromatic carbocycles. The van der Waals surface area contributed by atoms with Gasteiger partial charge in [-0.15, -0.1) is 0 Å². The van der Waals surface area contributed by atoms with Crippen molar-refractivity contribution in [1.82, 2.24) is 4.98 Å². The Kier molecular flexibility index (Phi) is 4.37. The van der Waals surface area contributed by atoms with Gasteiger partial charge in [0.1, 0.15) is 0 Å². The van der Waals surface area contributed by atoms with Gasteiger partial charge in [-0.1, -0.05) is 25.8 Å². The zero-order chi connectivity index (χ0) is 12.1. The van der Waals surface area contributed by atoms with Crippen molar-refractivity contribution in [2.45, 2.75) is 39.2 Å². The number of aliphatic hydroxyl groups excluding tert-OH is 1. The SMILES string of the molecule is CC1CCCC(COc2cccc(CO)n2)C1. The highest BCUT2D eigenvalue weighted by atomic mass is 16.5. The quantitative estimate of drug-likeness (QED) is 0.872. The molecular formula is C14H21NO2. The number of aromatic nitrogens is 1. The van der Waals surface area contributed by atoms with Gasteiger partial charge in [-0.2, -0.15) is 0 Å². The van der Waals surface area contributed by atoms with Gasteiger partial charge in [0.05, 0.1) is 18.9 Å². The smallest absolute Gasteiger partial charge is 0.213 e. The van der Waals surface area contributed by atoms with Crippen LogP contribution < -0.4 is 4.74 Å². The standard InChI is InChI=1S/C14H21NO2/c1-11-4-2-5-12(8-11)10-17-14-7-3-6-13(9-16)15-14/h3,6-7,11-12,16H,2,4-5,8-10H2,1H3. The highest BCUT2D eigenvalue weighted by molar-refractivity contribution is 5.15. The van der Waals surface area contributed by atoms with Gasteiger partial charge in [-0.05, 0) is 30.7 Å². The lowest BCUT2D eigenvalue weighted by Crippen LogP contribution is -2.20. The highest BCUT2D eigenvalue weighted by Crippen LogP contribution is 2.28. The Hall–Kier alpha value is -1.09. The van der Waals surface area contributed by atoms with Crippen LogP contribution in [0.25, 0.3) is 0 Å². The Morgan fingerprint density at radius 3 is 3.06 bits per heavy atom. The van der Waals surface area contributed by atoms with Crippen molar-refractivity contribution >= 4 is 0 Å². The average Bonchev–Trinajstić information content (AvgIpc) is 2.37. The molecule has 0 aliphatic heterocycles. The number of aliphatic hydroxyl groups is 1. The van der Waals surface area contributed by atoms with E-state index < -0.39 is 0 Å². The summed E-state index contributed by atoms with van der Waals surface area (Å²) in [6.07, 6.45) is 5.21. The van der Waals surface area contributed by atoms with Crippen molar-refractivity contribution < 1.29 is 9.84 Å². The number of hydrogen-bond acceptors (Lipinski definition) is 3. The zero-order valence-electron chi connectivity index (χ0n) is 10.4. The molecule has 3 nitrogen and oxygen atoms in total. The lowest BCUT2D eigenvalue weighted by molar-refractivity contribution is 0.176. The molecule has 94 valence electrons. The molecule has 3 heteroatoms. The number of ether oxygens (including phenoxy) is 1. The largest absolute Gasteiger partial charge is 0.477 e. The molecule has 1 heterocycles. The Morgan fingerprint density at radius 1 is 1.41 bits per heavy atom. The van der Waals surface area contributed by atoms with Gasteiger partial charge in [-0.3, -0.25) is 0 Å². The molecule has 2 unspecified atom stereocenters. The summed E-state index contributed by atoms with van der Waals surface area (Å²) >= 11 is 0. The molecule has 0 amide bonds. The fraction of sp³-hybridized carbons (Fsp3) is 0.643. The fourth-order valence-corrected chi connectivity index (χ4v) is 2.54. The van der Waals surface area contributed by atoms with E-state index in [-0.39, 0.29) is 6.61 Å². The Balaban J connectivity index is 1.84. The molecule has 17 heavy (non-hydrogen) atoms. The Bertz CT molecular complexity index is 354.